The highest BCUT2D eigenvalue weighted by Gasteiger charge is 2.40. The van der Waals surface area contributed by atoms with E-state index in [0.717, 1.165) is 18.4 Å². The summed E-state index contributed by atoms with van der Waals surface area (Å²) in [5, 5.41) is 9.51. The standard InChI is InChI=1S/C14H14ClNO4/c15-9-1-4-11-8(5-9)6-12(20-11)14(19)16(7-13(17)18)10-2-3-10/h1,4-5,10,12H,2-3,6-7H2,(H,17,18)/t12-/m1/s1. The first-order chi connectivity index (χ1) is 9.54. The maximum absolute atomic E-state index is 12.4. The molecule has 0 radical (unpaired) electrons. The second-order valence-corrected chi connectivity index (χ2v) is 5.59. The Bertz CT molecular complexity index is 570. The topological polar surface area (TPSA) is 66.8 Å². The minimum atomic E-state index is -0.996. The molecule has 1 heterocycles. The van der Waals surface area contributed by atoms with Crippen molar-refractivity contribution >= 4 is 23.5 Å². The lowest BCUT2D eigenvalue weighted by atomic mass is 10.1. The van der Waals surface area contributed by atoms with Crippen molar-refractivity contribution in [3.05, 3.63) is 28.8 Å². The number of carbonyl (C=O) groups is 2. The molecule has 1 aliphatic carbocycles. The first-order valence-corrected chi connectivity index (χ1v) is 6.90. The molecule has 6 heteroatoms. The second-order valence-electron chi connectivity index (χ2n) is 5.15. The Morgan fingerprint density at radius 3 is 2.80 bits per heavy atom. The van der Waals surface area contributed by atoms with Crippen molar-refractivity contribution < 1.29 is 19.4 Å². The molecule has 0 spiro atoms. The fraction of sp³-hybridized carbons (Fsp3) is 0.429. The molecule has 20 heavy (non-hydrogen) atoms. The fourth-order valence-corrected chi connectivity index (χ4v) is 2.65. The number of nitrogens with zero attached hydrogens (tertiary/aromatic N) is 1. The van der Waals surface area contributed by atoms with Gasteiger partial charge in [-0.1, -0.05) is 11.6 Å². The number of carboxylic acid groups (broad SMARTS) is 1. The fourth-order valence-electron chi connectivity index (χ4n) is 2.46. The molecular weight excluding hydrogens is 282 g/mol. The summed E-state index contributed by atoms with van der Waals surface area (Å²) in [4.78, 5) is 24.7. The van der Waals surface area contributed by atoms with Crippen LogP contribution in [0.2, 0.25) is 5.02 Å². The average Bonchev–Trinajstić information content (AvgIpc) is 3.14. The van der Waals surface area contributed by atoms with Gasteiger partial charge in [0.1, 0.15) is 12.3 Å². The van der Waals surface area contributed by atoms with Crippen LogP contribution >= 0.6 is 11.6 Å². The van der Waals surface area contributed by atoms with Crippen LogP contribution in [-0.2, 0) is 16.0 Å². The Kier molecular flexibility index (Phi) is 3.30. The van der Waals surface area contributed by atoms with E-state index in [9.17, 15) is 9.59 Å². The van der Waals surface area contributed by atoms with Gasteiger partial charge in [-0.15, -0.1) is 0 Å². The van der Waals surface area contributed by atoms with E-state index in [2.05, 4.69) is 0 Å². The van der Waals surface area contributed by atoms with Crippen LogP contribution in [0.15, 0.2) is 18.2 Å². The number of fused-ring (bicyclic) bond motifs is 1. The number of amides is 1. The van der Waals surface area contributed by atoms with Crippen LogP contribution in [0, 0.1) is 0 Å². The smallest absolute Gasteiger partial charge is 0.323 e. The molecule has 106 valence electrons. The number of hydrogen-bond acceptors (Lipinski definition) is 3. The summed E-state index contributed by atoms with van der Waals surface area (Å²) in [7, 11) is 0. The van der Waals surface area contributed by atoms with Gasteiger partial charge < -0.3 is 14.7 Å². The minimum Gasteiger partial charge on any atom is -0.480 e. The van der Waals surface area contributed by atoms with Gasteiger partial charge >= 0.3 is 5.97 Å². The number of aliphatic carboxylic acids is 1. The lowest BCUT2D eigenvalue weighted by molar-refractivity contribution is -0.148. The predicted octanol–water partition coefficient (Wildman–Crippen LogP) is 1.72. The van der Waals surface area contributed by atoms with Crippen LogP contribution in [0.5, 0.6) is 5.75 Å². The van der Waals surface area contributed by atoms with Gasteiger partial charge in [-0.05, 0) is 36.6 Å². The van der Waals surface area contributed by atoms with E-state index in [1.165, 1.54) is 4.90 Å². The number of benzene rings is 1. The molecule has 1 aromatic rings. The van der Waals surface area contributed by atoms with Crippen molar-refractivity contribution in [2.24, 2.45) is 0 Å². The van der Waals surface area contributed by atoms with Gasteiger partial charge in [0, 0.05) is 17.5 Å². The Morgan fingerprint density at radius 1 is 1.40 bits per heavy atom. The molecule has 0 bridgehead atoms. The Morgan fingerprint density at radius 2 is 2.15 bits per heavy atom. The van der Waals surface area contributed by atoms with E-state index in [4.69, 9.17) is 21.4 Å². The molecule has 1 atom stereocenters. The quantitative estimate of drug-likeness (QED) is 0.918. The van der Waals surface area contributed by atoms with Crippen LogP contribution in [0.1, 0.15) is 18.4 Å². The first-order valence-electron chi connectivity index (χ1n) is 6.52. The van der Waals surface area contributed by atoms with Gasteiger partial charge in [-0.3, -0.25) is 9.59 Å². The zero-order valence-electron chi connectivity index (χ0n) is 10.7. The molecule has 1 amide bonds. The Hall–Kier alpha value is -1.75. The highest BCUT2D eigenvalue weighted by molar-refractivity contribution is 6.30. The van der Waals surface area contributed by atoms with Gasteiger partial charge in [0.25, 0.3) is 5.91 Å². The summed E-state index contributed by atoms with van der Waals surface area (Å²) < 4.78 is 5.62. The largest absolute Gasteiger partial charge is 0.480 e. The third kappa shape index (κ3) is 2.58. The van der Waals surface area contributed by atoms with Gasteiger partial charge in [0.05, 0.1) is 0 Å². The number of ether oxygens (including phenoxy) is 1. The van der Waals surface area contributed by atoms with Crippen molar-refractivity contribution in [2.75, 3.05) is 6.54 Å². The zero-order valence-corrected chi connectivity index (χ0v) is 11.5. The molecule has 2 aliphatic rings. The Labute approximate surface area is 121 Å². The van der Waals surface area contributed by atoms with Crippen LogP contribution < -0.4 is 4.74 Å². The summed E-state index contributed by atoms with van der Waals surface area (Å²) in [6.07, 6.45) is 1.54. The lowest BCUT2D eigenvalue weighted by Crippen LogP contribution is -2.45. The summed E-state index contributed by atoms with van der Waals surface area (Å²) in [5.41, 5.74) is 0.891. The second kappa shape index (κ2) is 4.98. The van der Waals surface area contributed by atoms with Gasteiger partial charge in [0.15, 0.2) is 6.10 Å². The molecule has 0 aromatic heterocycles. The number of halogens is 1. The molecule has 1 N–H and O–H groups in total. The molecule has 1 saturated carbocycles. The van der Waals surface area contributed by atoms with Crippen LogP contribution in [-0.4, -0.2) is 40.6 Å². The van der Waals surface area contributed by atoms with E-state index in [0.29, 0.717) is 17.2 Å². The van der Waals surface area contributed by atoms with Gasteiger partial charge in [0.2, 0.25) is 0 Å². The Balaban J connectivity index is 1.74. The van der Waals surface area contributed by atoms with Crippen LogP contribution in [0.4, 0.5) is 0 Å². The van der Waals surface area contributed by atoms with E-state index >= 15 is 0 Å². The molecule has 1 fully saturated rings. The van der Waals surface area contributed by atoms with Crippen molar-refractivity contribution in [1.82, 2.24) is 4.90 Å². The normalized spacial score (nSPS) is 20.1. The molecular formula is C14H14ClNO4. The summed E-state index contributed by atoms with van der Waals surface area (Å²) in [6, 6.07) is 5.28. The third-order valence-corrected chi connectivity index (χ3v) is 3.78. The molecule has 3 rings (SSSR count). The molecule has 1 aliphatic heterocycles. The summed E-state index contributed by atoms with van der Waals surface area (Å²) in [5.74, 6) is -0.593. The molecule has 5 nitrogen and oxygen atoms in total. The maximum atomic E-state index is 12.4. The first kappa shape index (κ1) is 13.2. The van der Waals surface area contributed by atoms with E-state index in [1.807, 2.05) is 0 Å². The monoisotopic (exact) mass is 295 g/mol. The van der Waals surface area contributed by atoms with Crippen molar-refractivity contribution in [1.29, 1.82) is 0 Å². The SMILES string of the molecule is O=C(O)CN(C(=O)[C@H]1Cc2cc(Cl)ccc2O1)C1CC1. The molecule has 0 saturated heterocycles. The summed E-state index contributed by atoms with van der Waals surface area (Å²) in [6.45, 7) is -0.263. The van der Waals surface area contributed by atoms with Gasteiger partial charge in [-0.25, -0.2) is 0 Å². The van der Waals surface area contributed by atoms with E-state index in [1.54, 1.807) is 18.2 Å². The zero-order chi connectivity index (χ0) is 14.3. The van der Waals surface area contributed by atoms with Crippen molar-refractivity contribution in [3.8, 4) is 5.75 Å². The molecule has 0 unspecified atom stereocenters. The van der Waals surface area contributed by atoms with Crippen LogP contribution in [0.3, 0.4) is 0 Å². The van der Waals surface area contributed by atoms with Gasteiger partial charge in [-0.2, -0.15) is 0 Å². The number of hydrogen-bond donors (Lipinski definition) is 1. The van der Waals surface area contributed by atoms with Crippen molar-refractivity contribution in [2.45, 2.75) is 31.4 Å². The number of carboxylic acids is 1. The summed E-state index contributed by atoms with van der Waals surface area (Å²) >= 11 is 5.91. The third-order valence-electron chi connectivity index (χ3n) is 3.55. The molecule has 1 aromatic carbocycles. The average molecular weight is 296 g/mol. The number of carbonyl (C=O) groups excluding carboxylic acids is 1. The highest BCUT2D eigenvalue weighted by Crippen LogP contribution is 2.34. The number of rotatable bonds is 4. The highest BCUT2D eigenvalue weighted by atomic mass is 35.5. The maximum Gasteiger partial charge on any atom is 0.323 e. The van der Waals surface area contributed by atoms with E-state index in [-0.39, 0.29) is 18.5 Å². The van der Waals surface area contributed by atoms with Crippen molar-refractivity contribution in [3.63, 3.8) is 0 Å². The lowest BCUT2D eigenvalue weighted by Gasteiger charge is -2.23. The minimum absolute atomic E-state index is 0.0505. The van der Waals surface area contributed by atoms with E-state index < -0.39 is 12.1 Å². The van der Waals surface area contributed by atoms with Crippen LogP contribution in [0.25, 0.3) is 0 Å². The predicted molar refractivity (Wildman–Crippen MR) is 71.9 cm³/mol.